The third-order valence-corrected chi connectivity index (χ3v) is 5.53. The van der Waals surface area contributed by atoms with Crippen LogP contribution in [-0.2, 0) is 19.5 Å². The highest BCUT2D eigenvalue weighted by Crippen LogP contribution is 2.25. The topological polar surface area (TPSA) is 251 Å². The van der Waals surface area contributed by atoms with Crippen LogP contribution in [0.4, 0.5) is 23.5 Å². The number of rotatable bonds is 7. The molecule has 0 bridgehead atoms. The number of nitrogen functional groups attached to an aromatic ring is 4. The Morgan fingerprint density at radius 1 is 0.676 bits per heavy atom. The third kappa shape index (κ3) is 5.10. The van der Waals surface area contributed by atoms with E-state index in [4.69, 9.17) is 22.9 Å². The minimum Gasteiger partial charge on any atom is -0.504 e. The van der Waals surface area contributed by atoms with Crippen LogP contribution in [0, 0.1) is 0 Å². The highest BCUT2D eigenvalue weighted by molar-refractivity contribution is 5.82. The molecular formula is C22H23N13O2. The summed E-state index contributed by atoms with van der Waals surface area (Å²) in [5.41, 5.74) is 26.6. The number of benzene rings is 1. The molecule has 0 aliphatic carbocycles. The number of nitrogens with zero attached hydrogens (tertiary/aromatic N) is 9. The van der Waals surface area contributed by atoms with Gasteiger partial charge in [-0.2, -0.15) is 19.9 Å². The third-order valence-electron chi connectivity index (χ3n) is 5.53. The Morgan fingerprint density at radius 2 is 1.22 bits per heavy atom. The maximum absolute atomic E-state index is 9.86. The van der Waals surface area contributed by atoms with Gasteiger partial charge in [-0.05, 0) is 24.1 Å². The van der Waals surface area contributed by atoms with Gasteiger partial charge >= 0.3 is 0 Å². The van der Waals surface area contributed by atoms with Crippen molar-refractivity contribution >= 4 is 45.9 Å². The average molecular weight is 502 g/mol. The van der Waals surface area contributed by atoms with Crippen LogP contribution in [0.3, 0.4) is 0 Å². The van der Waals surface area contributed by atoms with Gasteiger partial charge in [0.1, 0.15) is 0 Å². The predicted molar refractivity (Wildman–Crippen MR) is 135 cm³/mol. The van der Waals surface area contributed by atoms with Crippen LogP contribution in [0.2, 0.25) is 0 Å². The van der Waals surface area contributed by atoms with E-state index in [9.17, 15) is 10.2 Å². The maximum Gasteiger partial charge on any atom is 0.224 e. The summed E-state index contributed by atoms with van der Waals surface area (Å²) in [5, 5.41) is 19.5. The quantitative estimate of drug-likeness (QED) is 0.162. The van der Waals surface area contributed by atoms with Gasteiger partial charge in [0.05, 0.1) is 23.8 Å². The Morgan fingerprint density at radius 3 is 1.73 bits per heavy atom. The second-order valence-electron chi connectivity index (χ2n) is 8.28. The van der Waals surface area contributed by atoms with Gasteiger partial charge in [0.25, 0.3) is 0 Å². The van der Waals surface area contributed by atoms with Gasteiger partial charge in [-0.25, -0.2) is 19.9 Å². The number of hydrogen-bond donors (Lipinski definition) is 6. The van der Waals surface area contributed by atoms with Crippen molar-refractivity contribution in [1.82, 2.24) is 44.8 Å². The van der Waals surface area contributed by atoms with Gasteiger partial charge in [0.15, 0.2) is 45.5 Å². The van der Waals surface area contributed by atoms with Crippen LogP contribution in [0.1, 0.15) is 17.0 Å². The molecule has 0 aliphatic heterocycles. The zero-order valence-electron chi connectivity index (χ0n) is 19.4. The molecule has 188 valence electrons. The molecule has 4 aromatic heterocycles. The Balaban J connectivity index is 1.44. The number of phenols is 2. The molecule has 5 rings (SSSR count). The molecule has 15 nitrogen and oxygen atoms in total. The fourth-order valence-corrected chi connectivity index (χ4v) is 3.80. The van der Waals surface area contributed by atoms with Crippen LogP contribution >= 0.6 is 0 Å². The van der Waals surface area contributed by atoms with Crippen molar-refractivity contribution in [3.63, 3.8) is 0 Å². The molecule has 0 fully saturated rings. The van der Waals surface area contributed by atoms with Gasteiger partial charge in [0, 0.05) is 19.6 Å². The highest BCUT2D eigenvalue weighted by Gasteiger charge is 2.15. The number of aromatic hydroxyl groups is 2. The number of hydrogen-bond acceptors (Lipinski definition) is 15. The lowest BCUT2D eigenvalue weighted by molar-refractivity contribution is 0.253. The van der Waals surface area contributed by atoms with Crippen molar-refractivity contribution in [3.05, 3.63) is 47.5 Å². The normalized spacial score (nSPS) is 11.5. The van der Waals surface area contributed by atoms with Crippen LogP contribution in [0.15, 0.2) is 30.6 Å². The molecular weight excluding hydrogens is 478 g/mol. The van der Waals surface area contributed by atoms with Crippen molar-refractivity contribution < 1.29 is 10.2 Å². The fraction of sp³-hybridized carbons (Fsp3) is 0.182. The summed E-state index contributed by atoms with van der Waals surface area (Å²) < 4.78 is 0. The van der Waals surface area contributed by atoms with E-state index in [0.717, 1.165) is 5.56 Å². The Kier molecular flexibility index (Phi) is 6.02. The minimum absolute atomic E-state index is 0.0192. The van der Waals surface area contributed by atoms with Crippen LogP contribution in [0.25, 0.3) is 22.3 Å². The van der Waals surface area contributed by atoms with Crippen molar-refractivity contribution in [2.75, 3.05) is 29.5 Å². The standard InChI is InChI=1S/C22H23N13O2/c23-17-15-19(33-21(25)31-17)27-6-11(29-15)8-35(4-3-10-1-2-13(36)14(37)5-10)9-12-7-28-20-16(30-12)18(24)32-22(26)34-20/h1-2,5-7,36-37H,3-4,8-9H2,(H4,23,25,27,31,33)(H4,24,26,28,32,34). The van der Waals surface area contributed by atoms with E-state index in [2.05, 4.69) is 44.8 Å². The molecule has 1 aromatic carbocycles. The van der Waals surface area contributed by atoms with Gasteiger partial charge in [-0.1, -0.05) is 6.07 Å². The molecule has 0 saturated carbocycles. The first kappa shape index (κ1) is 23.6. The minimum atomic E-state index is -0.186. The Bertz CT molecular complexity index is 1540. The molecule has 5 aromatic rings. The first-order valence-electron chi connectivity index (χ1n) is 11.1. The molecule has 0 spiro atoms. The van der Waals surface area contributed by atoms with Gasteiger partial charge in [-0.15, -0.1) is 0 Å². The van der Waals surface area contributed by atoms with Crippen molar-refractivity contribution in [1.29, 1.82) is 0 Å². The summed E-state index contributed by atoms with van der Waals surface area (Å²) in [7, 11) is 0. The van der Waals surface area contributed by atoms with Gasteiger partial charge in [0.2, 0.25) is 11.9 Å². The van der Waals surface area contributed by atoms with Crippen LogP contribution in [-0.4, -0.2) is 61.5 Å². The highest BCUT2D eigenvalue weighted by atomic mass is 16.3. The Hall–Kier alpha value is -5.18. The van der Waals surface area contributed by atoms with E-state index in [1.165, 1.54) is 12.1 Å². The molecule has 0 atom stereocenters. The SMILES string of the molecule is Nc1nc(N)c2nc(CN(CCc3ccc(O)c(O)c3)Cc3cnc4nc(N)nc(N)c4n3)cnc2n1. The maximum atomic E-state index is 9.86. The van der Waals surface area contributed by atoms with E-state index in [1.54, 1.807) is 18.5 Å². The van der Waals surface area contributed by atoms with Crippen molar-refractivity contribution in [2.45, 2.75) is 19.5 Å². The van der Waals surface area contributed by atoms with E-state index in [1.807, 2.05) is 0 Å². The summed E-state index contributed by atoms with van der Waals surface area (Å²) in [6.07, 6.45) is 3.74. The smallest absolute Gasteiger partial charge is 0.224 e. The monoisotopic (exact) mass is 501 g/mol. The molecule has 0 amide bonds. The molecule has 0 aliphatic rings. The van der Waals surface area contributed by atoms with Crippen LogP contribution in [0.5, 0.6) is 11.5 Å². The van der Waals surface area contributed by atoms with E-state index < -0.39 is 0 Å². The second kappa shape index (κ2) is 9.46. The molecule has 15 heteroatoms. The van der Waals surface area contributed by atoms with E-state index >= 15 is 0 Å². The Labute approximate surface area is 209 Å². The number of phenolic OH excluding ortho intramolecular Hbond substituents is 2. The summed E-state index contributed by atoms with van der Waals surface area (Å²) >= 11 is 0. The first-order chi connectivity index (χ1) is 17.7. The number of aromatic nitrogens is 8. The summed E-state index contributed by atoms with van der Waals surface area (Å²) in [5.74, 6) is -0.0543. The fourth-order valence-electron chi connectivity index (χ4n) is 3.80. The number of fused-ring (bicyclic) bond motifs is 2. The summed E-state index contributed by atoms with van der Waals surface area (Å²) in [6, 6.07) is 4.70. The van der Waals surface area contributed by atoms with Gasteiger partial charge < -0.3 is 33.1 Å². The first-order valence-corrected chi connectivity index (χ1v) is 11.1. The van der Waals surface area contributed by atoms with E-state index in [-0.39, 0.29) is 35.0 Å². The summed E-state index contributed by atoms with van der Waals surface area (Å²) in [6.45, 7) is 1.26. The van der Waals surface area contributed by atoms with Crippen molar-refractivity contribution in [2.24, 2.45) is 0 Å². The van der Waals surface area contributed by atoms with Gasteiger partial charge in [-0.3, -0.25) is 4.90 Å². The average Bonchev–Trinajstić information content (AvgIpc) is 2.85. The second-order valence-corrected chi connectivity index (χ2v) is 8.28. The lowest BCUT2D eigenvalue weighted by atomic mass is 10.1. The van der Waals surface area contributed by atoms with E-state index in [0.29, 0.717) is 59.8 Å². The zero-order valence-corrected chi connectivity index (χ0v) is 19.4. The van der Waals surface area contributed by atoms with Crippen LogP contribution < -0.4 is 22.9 Å². The summed E-state index contributed by atoms with van der Waals surface area (Å²) in [4.78, 5) is 35.9. The molecule has 0 radical (unpaired) electrons. The molecule has 4 heterocycles. The number of anilines is 4. The number of nitrogens with two attached hydrogens (primary N) is 4. The molecule has 10 N–H and O–H groups in total. The lowest BCUT2D eigenvalue weighted by Gasteiger charge is -2.22. The largest absolute Gasteiger partial charge is 0.504 e. The predicted octanol–water partition coefficient (Wildman–Crippen LogP) is 0.138. The van der Waals surface area contributed by atoms with Crippen molar-refractivity contribution in [3.8, 4) is 11.5 Å². The lowest BCUT2D eigenvalue weighted by Crippen LogP contribution is -2.26. The zero-order chi connectivity index (χ0) is 26.1. The molecule has 0 saturated heterocycles. The molecule has 37 heavy (non-hydrogen) atoms. The molecule has 0 unspecified atom stereocenters.